The minimum absolute atomic E-state index is 0.269. The van der Waals surface area contributed by atoms with Crippen molar-refractivity contribution in [2.45, 2.75) is 59.3 Å². The van der Waals surface area contributed by atoms with E-state index in [0.29, 0.717) is 30.9 Å². The summed E-state index contributed by atoms with van der Waals surface area (Å²) in [5, 5.41) is 2.83. The molecule has 0 bridgehead atoms. The van der Waals surface area contributed by atoms with Crippen molar-refractivity contribution in [1.82, 2.24) is 5.32 Å². The summed E-state index contributed by atoms with van der Waals surface area (Å²) in [6.07, 6.45) is 5.93. The Bertz CT molecular complexity index is 341. The molecule has 0 aliphatic heterocycles. The van der Waals surface area contributed by atoms with Gasteiger partial charge in [-0.05, 0) is 43.4 Å². The molecule has 2 unspecified atom stereocenters. The van der Waals surface area contributed by atoms with E-state index in [1.165, 1.54) is 0 Å². The molecule has 0 saturated carbocycles. The van der Waals surface area contributed by atoms with Crippen molar-refractivity contribution in [2.75, 3.05) is 13.2 Å². The first-order valence-corrected chi connectivity index (χ1v) is 7.96. The van der Waals surface area contributed by atoms with Crippen LogP contribution >= 0.6 is 0 Å². The van der Waals surface area contributed by atoms with Crippen LogP contribution in [0.3, 0.4) is 0 Å². The van der Waals surface area contributed by atoms with E-state index < -0.39 is 0 Å². The first-order chi connectivity index (χ1) is 9.59. The molecule has 0 aromatic carbocycles. The molecule has 0 heterocycles. The Labute approximate surface area is 123 Å². The van der Waals surface area contributed by atoms with E-state index in [9.17, 15) is 4.79 Å². The van der Waals surface area contributed by atoms with Crippen LogP contribution in [-0.4, -0.2) is 19.2 Å². The van der Waals surface area contributed by atoms with Gasteiger partial charge in [-0.3, -0.25) is 0 Å². The van der Waals surface area contributed by atoms with Crippen molar-refractivity contribution in [2.24, 2.45) is 17.8 Å². The first-order valence-electron chi connectivity index (χ1n) is 7.96. The van der Waals surface area contributed by atoms with Gasteiger partial charge in [0.15, 0.2) is 0 Å². The third-order valence-corrected chi connectivity index (χ3v) is 3.95. The minimum atomic E-state index is -0.269. The molecule has 0 fully saturated rings. The molecular formula is C17H29NO2. The maximum Gasteiger partial charge on any atom is 0.407 e. The largest absolute Gasteiger partial charge is 0.449 e. The molecular weight excluding hydrogens is 250 g/mol. The highest BCUT2D eigenvalue weighted by molar-refractivity contribution is 5.67. The summed E-state index contributed by atoms with van der Waals surface area (Å²) in [5.74, 6) is 8.06. The zero-order valence-electron chi connectivity index (χ0n) is 13.2. The lowest BCUT2D eigenvalue weighted by Gasteiger charge is -2.23. The van der Waals surface area contributed by atoms with Crippen LogP contribution in [0.15, 0.2) is 0 Å². The van der Waals surface area contributed by atoms with E-state index in [0.717, 1.165) is 38.5 Å². The monoisotopic (exact) mass is 279 g/mol. The van der Waals surface area contributed by atoms with E-state index in [2.05, 4.69) is 37.9 Å². The van der Waals surface area contributed by atoms with E-state index in [1.54, 1.807) is 0 Å². The van der Waals surface area contributed by atoms with Crippen LogP contribution in [0.2, 0.25) is 0 Å². The normalized spacial score (nSPS) is 22.4. The summed E-state index contributed by atoms with van der Waals surface area (Å²) in [7, 11) is 0. The number of carbonyl (C=O) groups excluding carboxylic acids is 1. The molecule has 1 N–H and O–H groups in total. The fourth-order valence-corrected chi connectivity index (χ4v) is 2.44. The van der Waals surface area contributed by atoms with Crippen molar-refractivity contribution in [1.29, 1.82) is 0 Å². The van der Waals surface area contributed by atoms with E-state index >= 15 is 0 Å². The third-order valence-electron chi connectivity index (χ3n) is 3.95. The molecule has 1 aliphatic carbocycles. The van der Waals surface area contributed by atoms with Crippen LogP contribution in [0.4, 0.5) is 4.79 Å². The summed E-state index contributed by atoms with van der Waals surface area (Å²) >= 11 is 0. The topological polar surface area (TPSA) is 38.3 Å². The van der Waals surface area contributed by atoms with Crippen molar-refractivity contribution >= 4 is 6.09 Å². The predicted octanol–water partition coefficient (Wildman–Crippen LogP) is 3.98. The van der Waals surface area contributed by atoms with Crippen LogP contribution in [0, 0.1) is 29.6 Å². The Morgan fingerprint density at radius 3 is 2.70 bits per heavy atom. The summed E-state index contributed by atoms with van der Waals surface area (Å²) < 4.78 is 5.36. The molecule has 0 spiro atoms. The van der Waals surface area contributed by atoms with Crippen molar-refractivity contribution < 1.29 is 9.53 Å². The molecule has 0 aromatic rings. The quantitative estimate of drug-likeness (QED) is 0.590. The van der Waals surface area contributed by atoms with Gasteiger partial charge in [-0.25, -0.2) is 4.79 Å². The third kappa shape index (κ3) is 7.43. The van der Waals surface area contributed by atoms with Gasteiger partial charge in [0.1, 0.15) is 0 Å². The Morgan fingerprint density at radius 1 is 1.30 bits per heavy atom. The number of amides is 1. The van der Waals surface area contributed by atoms with Crippen LogP contribution in [0.25, 0.3) is 0 Å². The Morgan fingerprint density at radius 2 is 2.00 bits per heavy atom. The molecule has 0 saturated heterocycles. The van der Waals surface area contributed by atoms with Gasteiger partial charge >= 0.3 is 6.09 Å². The van der Waals surface area contributed by atoms with Gasteiger partial charge in [0.2, 0.25) is 0 Å². The summed E-state index contributed by atoms with van der Waals surface area (Å²) in [4.78, 5) is 11.6. The number of hydrogen-bond donors (Lipinski definition) is 1. The smallest absolute Gasteiger partial charge is 0.407 e. The van der Waals surface area contributed by atoms with Crippen molar-refractivity contribution in [3.8, 4) is 11.8 Å². The highest BCUT2D eigenvalue weighted by atomic mass is 16.5. The molecule has 3 heteroatoms. The second-order valence-electron chi connectivity index (χ2n) is 6.23. The van der Waals surface area contributed by atoms with E-state index in [-0.39, 0.29) is 6.09 Å². The van der Waals surface area contributed by atoms with Crippen LogP contribution < -0.4 is 5.32 Å². The van der Waals surface area contributed by atoms with Gasteiger partial charge < -0.3 is 10.1 Å². The molecule has 1 rings (SSSR count). The fourth-order valence-electron chi connectivity index (χ4n) is 2.44. The lowest BCUT2D eigenvalue weighted by molar-refractivity contribution is 0.107. The average molecular weight is 279 g/mol. The van der Waals surface area contributed by atoms with Crippen molar-refractivity contribution in [3.05, 3.63) is 0 Å². The van der Waals surface area contributed by atoms with E-state index in [4.69, 9.17) is 4.74 Å². The number of ether oxygens (including phenoxy) is 1. The first kappa shape index (κ1) is 16.9. The predicted molar refractivity (Wildman–Crippen MR) is 82.3 cm³/mol. The molecule has 0 radical (unpaired) electrons. The van der Waals surface area contributed by atoms with Gasteiger partial charge in [0, 0.05) is 19.4 Å². The van der Waals surface area contributed by atoms with Crippen molar-refractivity contribution in [3.63, 3.8) is 0 Å². The van der Waals surface area contributed by atoms with Crippen LogP contribution in [-0.2, 0) is 4.74 Å². The van der Waals surface area contributed by atoms with Crippen LogP contribution in [0.5, 0.6) is 0 Å². The number of carbonyl (C=O) groups is 1. The number of hydrogen-bond acceptors (Lipinski definition) is 2. The Kier molecular flexibility index (Phi) is 8.18. The summed E-state index contributed by atoms with van der Waals surface area (Å²) in [6, 6.07) is 0. The molecule has 0 aromatic heterocycles. The lowest BCUT2D eigenvalue weighted by atomic mass is 9.86. The molecule has 1 amide bonds. The zero-order chi connectivity index (χ0) is 14.8. The van der Waals surface area contributed by atoms with Gasteiger partial charge in [0.05, 0.1) is 6.61 Å². The highest BCUT2D eigenvalue weighted by Gasteiger charge is 2.19. The standard InChI is InChI=1S/C17H29NO2/c1-14(2)9-8-12-18-17(19)20-13-16-11-7-5-4-6-10-15(16)3/h14-16H,6-13H2,1-3H3,(H,18,19). The maximum atomic E-state index is 11.6. The molecule has 3 nitrogen and oxygen atoms in total. The molecule has 114 valence electrons. The van der Waals surface area contributed by atoms with Crippen LogP contribution in [0.1, 0.15) is 59.3 Å². The summed E-state index contributed by atoms with van der Waals surface area (Å²) in [6.45, 7) is 7.86. The second kappa shape index (κ2) is 9.69. The number of alkyl carbamates (subject to hydrolysis) is 1. The zero-order valence-corrected chi connectivity index (χ0v) is 13.2. The summed E-state index contributed by atoms with van der Waals surface area (Å²) in [5.41, 5.74) is 0. The SMILES string of the molecule is CC(C)CCCNC(=O)OCC1CCC#CCCC1C. The maximum absolute atomic E-state index is 11.6. The fraction of sp³-hybridized carbons (Fsp3) is 0.824. The highest BCUT2D eigenvalue weighted by Crippen LogP contribution is 2.23. The van der Waals surface area contributed by atoms with Gasteiger partial charge in [-0.15, -0.1) is 11.8 Å². The Balaban J connectivity index is 2.17. The molecule has 2 atom stereocenters. The second-order valence-corrected chi connectivity index (χ2v) is 6.23. The number of rotatable bonds is 6. The Hall–Kier alpha value is -1.17. The van der Waals surface area contributed by atoms with Gasteiger partial charge in [0.25, 0.3) is 0 Å². The number of nitrogens with one attached hydrogen (secondary N) is 1. The minimum Gasteiger partial charge on any atom is -0.449 e. The van der Waals surface area contributed by atoms with Gasteiger partial charge in [-0.2, -0.15) is 0 Å². The lowest BCUT2D eigenvalue weighted by Crippen LogP contribution is -2.29. The van der Waals surface area contributed by atoms with E-state index in [1.807, 2.05) is 0 Å². The molecule has 1 aliphatic rings. The molecule has 20 heavy (non-hydrogen) atoms. The average Bonchev–Trinajstić information content (AvgIpc) is 2.38. The van der Waals surface area contributed by atoms with Gasteiger partial charge in [-0.1, -0.05) is 20.8 Å².